The lowest BCUT2D eigenvalue weighted by atomic mass is 10.4. The predicted octanol–water partition coefficient (Wildman–Crippen LogP) is 2.00. The molecule has 0 atom stereocenters. The van der Waals surface area contributed by atoms with Crippen LogP contribution in [0.15, 0.2) is 6.07 Å². The van der Waals surface area contributed by atoms with Crippen LogP contribution >= 0.6 is 0 Å². The number of nitrogens with zero attached hydrogens (tertiary/aromatic N) is 2. The third-order valence-corrected chi connectivity index (χ3v) is 1.54. The third kappa shape index (κ3) is 3.20. The number of rotatable bonds is 4. The average Bonchev–Trinajstić information content (AvgIpc) is 2.01. The second-order valence-electron chi connectivity index (χ2n) is 3.40. The van der Waals surface area contributed by atoms with Gasteiger partial charge in [0.2, 0.25) is 11.8 Å². The van der Waals surface area contributed by atoms with Crippen LogP contribution in [-0.4, -0.2) is 22.6 Å². The molecule has 1 rings (SSSR count). The highest BCUT2D eigenvalue weighted by Gasteiger charge is 2.03. The van der Waals surface area contributed by atoms with E-state index in [9.17, 15) is 0 Å². The first-order valence-corrected chi connectivity index (χ1v) is 4.87. The van der Waals surface area contributed by atoms with Crippen LogP contribution < -0.4 is 10.1 Å². The number of ether oxygens (including phenoxy) is 1. The number of nitrogens with one attached hydrogen (secondary N) is 1. The van der Waals surface area contributed by atoms with Crippen molar-refractivity contribution in [1.82, 2.24) is 9.97 Å². The van der Waals surface area contributed by atoms with E-state index in [1.54, 1.807) is 0 Å². The van der Waals surface area contributed by atoms with Gasteiger partial charge in [-0.3, -0.25) is 0 Å². The monoisotopic (exact) mass is 195 g/mol. The number of aromatic nitrogens is 2. The van der Waals surface area contributed by atoms with Crippen LogP contribution in [0.4, 0.5) is 5.95 Å². The molecular formula is C10H17N3O. The molecule has 0 aliphatic rings. The molecule has 0 amide bonds. The van der Waals surface area contributed by atoms with E-state index in [1.807, 2.05) is 33.8 Å². The lowest BCUT2D eigenvalue weighted by Gasteiger charge is -2.10. The Bertz CT molecular complexity index is 299. The fourth-order valence-electron chi connectivity index (χ4n) is 1.08. The summed E-state index contributed by atoms with van der Waals surface area (Å²) in [6, 6.07) is 2.15. The average molecular weight is 195 g/mol. The number of hydrogen-bond acceptors (Lipinski definition) is 4. The van der Waals surface area contributed by atoms with Crippen molar-refractivity contribution in [3.05, 3.63) is 11.8 Å². The van der Waals surface area contributed by atoms with E-state index < -0.39 is 0 Å². The quantitative estimate of drug-likeness (QED) is 0.798. The Balaban J connectivity index is 2.83. The number of anilines is 1. The smallest absolute Gasteiger partial charge is 0.226 e. The zero-order chi connectivity index (χ0) is 10.6. The van der Waals surface area contributed by atoms with Gasteiger partial charge in [0.15, 0.2) is 0 Å². The Hall–Kier alpha value is -1.32. The van der Waals surface area contributed by atoms with E-state index in [-0.39, 0.29) is 0 Å². The summed E-state index contributed by atoms with van der Waals surface area (Å²) in [6.45, 7) is 8.58. The molecule has 0 aliphatic heterocycles. The van der Waals surface area contributed by atoms with Crippen molar-refractivity contribution in [2.45, 2.75) is 33.7 Å². The van der Waals surface area contributed by atoms with E-state index in [0.717, 1.165) is 5.69 Å². The molecule has 4 nitrogen and oxygen atoms in total. The highest BCUT2D eigenvalue weighted by atomic mass is 16.5. The Morgan fingerprint density at radius 1 is 1.43 bits per heavy atom. The van der Waals surface area contributed by atoms with Gasteiger partial charge in [-0.2, -0.15) is 4.98 Å². The minimum atomic E-state index is 0.325. The molecule has 0 aromatic carbocycles. The first-order chi connectivity index (χ1) is 6.61. The van der Waals surface area contributed by atoms with E-state index >= 15 is 0 Å². The topological polar surface area (TPSA) is 47.0 Å². The zero-order valence-corrected chi connectivity index (χ0v) is 9.16. The van der Waals surface area contributed by atoms with Gasteiger partial charge in [-0.25, -0.2) is 4.98 Å². The summed E-state index contributed by atoms with van der Waals surface area (Å²) < 4.78 is 5.32. The van der Waals surface area contributed by atoms with Crippen molar-refractivity contribution < 1.29 is 4.74 Å². The predicted molar refractivity (Wildman–Crippen MR) is 56.7 cm³/mol. The Kier molecular flexibility index (Phi) is 3.68. The van der Waals surface area contributed by atoms with E-state index in [4.69, 9.17) is 4.74 Å². The molecule has 0 bridgehead atoms. The highest BCUT2D eigenvalue weighted by Crippen LogP contribution is 2.12. The summed E-state index contributed by atoms with van der Waals surface area (Å²) in [5.74, 6) is 1.26. The second-order valence-corrected chi connectivity index (χ2v) is 3.40. The minimum absolute atomic E-state index is 0.325. The molecule has 1 heterocycles. The molecule has 0 saturated carbocycles. The first-order valence-electron chi connectivity index (χ1n) is 4.87. The maximum atomic E-state index is 5.32. The summed E-state index contributed by atoms with van der Waals surface area (Å²) in [5.41, 5.74) is 0.909. The fraction of sp³-hybridized carbons (Fsp3) is 0.600. The van der Waals surface area contributed by atoms with Gasteiger partial charge in [0, 0.05) is 17.8 Å². The molecule has 0 fully saturated rings. The summed E-state index contributed by atoms with van der Waals surface area (Å²) in [6.07, 6.45) is 0. The van der Waals surface area contributed by atoms with Crippen LogP contribution in [0, 0.1) is 6.92 Å². The molecule has 0 spiro atoms. The zero-order valence-electron chi connectivity index (χ0n) is 9.16. The minimum Gasteiger partial charge on any atom is -0.478 e. The van der Waals surface area contributed by atoms with Crippen LogP contribution in [0.5, 0.6) is 5.88 Å². The van der Waals surface area contributed by atoms with Gasteiger partial charge in [-0.05, 0) is 27.7 Å². The summed E-state index contributed by atoms with van der Waals surface area (Å²) in [5, 5.41) is 3.14. The van der Waals surface area contributed by atoms with Crippen LogP contribution in [0.2, 0.25) is 0 Å². The third-order valence-electron chi connectivity index (χ3n) is 1.54. The van der Waals surface area contributed by atoms with Crippen LogP contribution in [-0.2, 0) is 0 Å². The molecule has 0 unspecified atom stereocenters. The molecule has 0 saturated heterocycles. The van der Waals surface area contributed by atoms with Gasteiger partial charge in [-0.15, -0.1) is 0 Å². The van der Waals surface area contributed by atoms with Gasteiger partial charge in [0.05, 0.1) is 6.61 Å². The van der Waals surface area contributed by atoms with Crippen LogP contribution in [0.3, 0.4) is 0 Å². The summed E-state index contributed by atoms with van der Waals surface area (Å²) in [7, 11) is 0. The molecule has 1 aromatic heterocycles. The number of aryl methyl sites for hydroxylation is 1. The highest BCUT2D eigenvalue weighted by molar-refractivity contribution is 5.31. The van der Waals surface area contributed by atoms with E-state index in [1.165, 1.54) is 0 Å². The lowest BCUT2D eigenvalue weighted by molar-refractivity contribution is 0.326. The molecule has 4 heteroatoms. The van der Waals surface area contributed by atoms with Crippen molar-refractivity contribution in [3.8, 4) is 5.88 Å². The van der Waals surface area contributed by atoms with Gasteiger partial charge in [0.25, 0.3) is 0 Å². The Morgan fingerprint density at radius 2 is 2.14 bits per heavy atom. The Morgan fingerprint density at radius 3 is 2.71 bits per heavy atom. The maximum absolute atomic E-state index is 5.32. The van der Waals surface area contributed by atoms with Crippen molar-refractivity contribution in [2.24, 2.45) is 0 Å². The second kappa shape index (κ2) is 4.79. The van der Waals surface area contributed by atoms with Crippen molar-refractivity contribution >= 4 is 5.95 Å². The van der Waals surface area contributed by atoms with Gasteiger partial charge >= 0.3 is 0 Å². The first kappa shape index (κ1) is 10.8. The standard InChI is InChI=1S/C10H17N3O/c1-5-14-9-6-8(4)12-10(13-9)11-7(2)3/h6-7H,5H2,1-4H3,(H,11,12,13). The molecule has 78 valence electrons. The maximum Gasteiger partial charge on any atom is 0.226 e. The summed E-state index contributed by atoms with van der Waals surface area (Å²) in [4.78, 5) is 8.47. The molecule has 1 aromatic rings. The normalized spacial score (nSPS) is 10.4. The van der Waals surface area contributed by atoms with Crippen molar-refractivity contribution in [3.63, 3.8) is 0 Å². The molecule has 0 aliphatic carbocycles. The molecular weight excluding hydrogens is 178 g/mol. The van der Waals surface area contributed by atoms with Gasteiger partial charge in [0.1, 0.15) is 0 Å². The Labute approximate surface area is 84.7 Å². The molecule has 14 heavy (non-hydrogen) atoms. The molecule has 0 radical (unpaired) electrons. The van der Waals surface area contributed by atoms with Crippen molar-refractivity contribution in [1.29, 1.82) is 0 Å². The number of hydrogen-bond donors (Lipinski definition) is 1. The van der Waals surface area contributed by atoms with Gasteiger partial charge < -0.3 is 10.1 Å². The van der Waals surface area contributed by atoms with E-state index in [2.05, 4.69) is 15.3 Å². The SMILES string of the molecule is CCOc1cc(C)nc(NC(C)C)n1. The largest absolute Gasteiger partial charge is 0.478 e. The van der Waals surface area contributed by atoms with E-state index in [0.29, 0.717) is 24.5 Å². The fourth-order valence-corrected chi connectivity index (χ4v) is 1.08. The summed E-state index contributed by atoms with van der Waals surface area (Å²) >= 11 is 0. The van der Waals surface area contributed by atoms with Crippen LogP contribution in [0.25, 0.3) is 0 Å². The van der Waals surface area contributed by atoms with Crippen LogP contribution in [0.1, 0.15) is 26.5 Å². The lowest BCUT2D eigenvalue weighted by Crippen LogP contribution is -2.13. The van der Waals surface area contributed by atoms with Crippen molar-refractivity contribution in [2.75, 3.05) is 11.9 Å². The molecule has 1 N–H and O–H groups in total. The van der Waals surface area contributed by atoms with Gasteiger partial charge in [-0.1, -0.05) is 0 Å².